The quantitative estimate of drug-likeness (QED) is 0.361. The second-order valence-corrected chi connectivity index (χ2v) is 10.5. The van der Waals surface area contributed by atoms with E-state index in [1.165, 1.54) is 23.4 Å². The molecule has 3 aromatic rings. The number of fused-ring (bicyclic) bond motifs is 1. The van der Waals surface area contributed by atoms with Crippen LogP contribution in [0, 0.1) is 0 Å². The van der Waals surface area contributed by atoms with Crippen LogP contribution in [-0.4, -0.2) is 27.0 Å². The molecule has 1 aromatic carbocycles. The molecule has 0 spiro atoms. The molecule has 3 N–H and O–H groups in total. The maximum absolute atomic E-state index is 13.2. The molecule has 0 unspecified atom stereocenters. The molecule has 1 saturated carbocycles. The van der Waals surface area contributed by atoms with Gasteiger partial charge in [-0.1, -0.05) is 12.1 Å². The van der Waals surface area contributed by atoms with Crippen molar-refractivity contribution < 1.29 is 14.8 Å². The van der Waals surface area contributed by atoms with Gasteiger partial charge in [-0.2, -0.15) is 0 Å². The maximum atomic E-state index is 13.2. The molecule has 166 valence electrons. The van der Waals surface area contributed by atoms with Crippen LogP contribution in [0.25, 0.3) is 10.0 Å². The van der Waals surface area contributed by atoms with E-state index in [1.807, 2.05) is 6.92 Å². The molecule has 2 amide bonds. The van der Waals surface area contributed by atoms with E-state index in [4.69, 9.17) is 15.2 Å². The van der Waals surface area contributed by atoms with Gasteiger partial charge in [-0.05, 0) is 69.1 Å². The standard InChI is InChI=1S/C23H24N4O3S2/c1-12(13-6-10-15(11-7-13)20(28)27-30)24-21(29)18-19(14-8-9-14)32-23(26-18)22-25-16-4-2-3-5-17(16)31-22/h6-7,10-12,14,30H,2-5,8-9H2,1H3,(H,24,29)(H,27,28)/t12-/m0/s1. The molecule has 5 rings (SSSR count). The molecule has 7 nitrogen and oxygen atoms in total. The number of benzene rings is 1. The molecule has 0 radical (unpaired) electrons. The summed E-state index contributed by atoms with van der Waals surface area (Å²) in [5, 5.41) is 13.6. The minimum atomic E-state index is -0.568. The zero-order valence-electron chi connectivity index (χ0n) is 17.7. The predicted molar refractivity (Wildman–Crippen MR) is 123 cm³/mol. The van der Waals surface area contributed by atoms with Crippen molar-refractivity contribution in [1.82, 2.24) is 20.8 Å². The van der Waals surface area contributed by atoms with Crippen LogP contribution in [-0.2, 0) is 12.8 Å². The molecule has 1 fully saturated rings. The first-order chi connectivity index (χ1) is 15.5. The average Bonchev–Trinajstić information content (AvgIpc) is 3.41. The average molecular weight is 469 g/mol. The largest absolute Gasteiger partial charge is 0.344 e. The zero-order chi connectivity index (χ0) is 22.2. The third-order valence-corrected chi connectivity index (χ3v) is 8.49. The fraction of sp³-hybridized carbons (Fsp3) is 0.391. The van der Waals surface area contributed by atoms with Crippen LogP contribution in [0.15, 0.2) is 24.3 Å². The molecular weight excluding hydrogens is 444 g/mol. The molecule has 2 aliphatic carbocycles. The minimum Gasteiger partial charge on any atom is -0.344 e. The summed E-state index contributed by atoms with van der Waals surface area (Å²) in [6, 6.07) is 6.51. The molecular formula is C23H24N4O3S2. The number of aryl methyl sites for hydroxylation is 2. The highest BCUT2D eigenvalue weighted by atomic mass is 32.1. The van der Waals surface area contributed by atoms with Crippen LogP contribution in [0.2, 0.25) is 0 Å². The van der Waals surface area contributed by atoms with Crippen molar-refractivity contribution in [2.75, 3.05) is 0 Å². The minimum absolute atomic E-state index is 0.180. The number of rotatable bonds is 6. The van der Waals surface area contributed by atoms with Gasteiger partial charge in [0, 0.05) is 15.3 Å². The Hall–Kier alpha value is -2.62. The zero-order valence-corrected chi connectivity index (χ0v) is 19.3. The third kappa shape index (κ3) is 4.20. The van der Waals surface area contributed by atoms with Gasteiger partial charge in [0.15, 0.2) is 10.0 Å². The van der Waals surface area contributed by atoms with Crippen molar-refractivity contribution in [3.63, 3.8) is 0 Å². The van der Waals surface area contributed by atoms with Gasteiger partial charge in [0.05, 0.1) is 11.7 Å². The van der Waals surface area contributed by atoms with Crippen LogP contribution >= 0.6 is 22.7 Å². The highest BCUT2D eigenvalue weighted by Gasteiger charge is 2.33. The lowest BCUT2D eigenvalue weighted by atomic mass is 10.0. The summed E-state index contributed by atoms with van der Waals surface area (Å²) >= 11 is 3.34. The number of carbonyl (C=O) groups excluding carboxylic acids is 2. The first kappa shape index (κ1) is 21.2. The van der Waals surface area contributed by atoms with Gasteiger partial charge in [-0.15, -0.1) is 22.7 Å². The number of hydroxylamine groups is 1. The lowest BCUT2D eigenvalue weighted by Crippen LogP contribution is -2.27. The number of hydrogen-bond donors (Lipinski definition) is 3. The number of hydrogen-bond acceptors (Lipinski definition) is 7. The van der Waals surface area contributed by atoms with Crippen LogP contribution in [0.1, 0.15) is 86.4 Å². The molecule has 2 aromatic heterocycles. The number of aromatic nitrogens is 2. The van der Waals surface area contributed by atoms with E-state index < -0.39 is 5.91 Å². The van der Waals surface area contributed by atoms with Crippen molar-refractivity contribution in [1.29, 1.82) is 0 Å². The van der Waals surface area contributed by atoms with E-state index in [-0.39, 0.29) is 11.9 Å². The fourth-order valence-corrected chi connectivity index (χ4v) is 6.39. The van der Waals surface area contributed by atoms with Crippen LogP contribution < -0.4 is 10.8 Å². The number of carbonyl (C=O) groups is 2. The Bertz CT molecular complexity index is 1140. The van der Waals surface area contributed by atoms with Crippen molar-refractivity contribution in [3.8, 4) is 10.0 Å². The summed E-state index contributed by atoms with van der Waals surface area (Å²) in [5.74, 6) is -0.329. The highest BCUT2D eigenvalue weighted by Crippen LogP contribution is 2.47. The highest BCUT2D eigenvalue weighted by molar-refractivity contribution is 7.21. The van der Waals surface area contributed by atoms with Gasteiger partial charge in [0.1, 0.15) is 5.69 Å². The molecule has 0 aliphatic heterocycles. The lowest BCUT2D eigenvalue weighted by Gasteiger charge is -2.14. The second kappa shape index (κ2) is 8.73. The summed E-state index contributed by atoms with van der Waals surface area (Å²) in [6.07, 6.45) is 6.74. The summed E-state index contributed by atoms with van der Waals surface area (Å²) < 4.78 is 0. The van der Waals surface area contributed by atoms with Crippen molar-refractivity contribution in [2.24, 2.45) is 0 Å². The predicted octanol–water partition coefficient (Wildman–Crippen LogP) is 4.63. The summed E-state index contributed by atoms with van der Waals surface area (Å²) in [6.45, 7) is 1.90. The van der Waals surface area contributed by atoms with Crippen LogP contribution in [0.4, 0.5) is 0 Å². The molecule has 9 heteroatoms. The Morgan fingerprint density at radius 3 is 2.44 bits per heavy atom. The van der Waals surface area contributed by atoms with E-state index in [2.05, 4.69) is 5.32 Å². The fourth-order valence-electron chi connectivity index (χ4n) is 3.99. The topological polar surface area (TPSA) is 104 Å². The Labute approximate surface area is 193 Å². The maximum Gasteiger partial charge on any atom is 0.274 e. The van der Waals surface area contributed by atoms with E-state index in [1.54, 1.807) is 52.4 Å². The Morgan fingerprint density at radius 1 is 1.03 bits per heavy atom. The van der Waals surface area contributed by atoms with Crippen LogP contribution in [0.5, 0.6) is 0 Å². The second-order valence-electron chi connectivity index (χ2n) is 8.36. The molecule has 2 heterocycles. The third-order valence-electron chi connectivity index (χ3n) is 5.97. The summed E-state index contributed by atoms with van der Waals surface area (Å²) in [7, 11) is 0. The van der Waals surface area contributed by atoms with E-state index in [0.29, 0.717) is 17.2 Å². The normalized spacial score (nSPS) is 16.3. The first-order valence-electron chi connectivity index (χ1n) is 10.9. The Morgan fingerprint density at radius 2 is 1.75 bits per heavy atom. The molecule has 0 bridgehead atoms. The SMILES string of the molecule is C[C@H](NC(=O)c1nc(-c2nc3c(s2)CCCC3)sc1C1CC1)c1ccc(C(=O)NO)cc1. The lowest BCUT2D eigenvalue weighted by molar-refractivity contribution is 0.0706. The van der Waals surface area contributed by atoms with E-state index >= 15 is 0 Å². The van der Waals surface area contributed by atoms with Crippen molar-refractivity contribution >= 4 is 34.5 Å². The van der Waals surface area contributed by atoms with Gasteiger partial charge in [-0.25, -0.2) is 15.4 Å². The number of amides is 2. The summed E-state index contributed by atoms with van der Waals surface area (Å²) in [4.78, 5) is 36.7. The smallest absolute Gasteiger partial charge is 0.274 e. The summed E-state index contributed by atoms with van der Waals surface area (Å²) in [5.41, 5.74) is 4.55. The number of nitrogens with zero attached hydrogens (tertiary/aromatic N) is 2. The van der Waals surface area contributed by atoms with Crippen molar-refractivity contribution in [3.05, 3.63) is 56.5 Å². The van der Waals surface area contributed by atoms with Crippen molar-refractivity contribution in [2.45, 2.75) is 57.4 Å². The number of nitrogens with one attached hydrogen (secondary N) is 2. The molecule has 2 aliphatic rings. The van der Waals surface area contributed by atoms with E-state index in [9.17, 15) is 9.59 Å². The van der Waals surface area contributed by atoms with Crippen LogP contribution in [0.3, 0.4) is 0 Å². The molecule has 1 atom stereocenters. The Kier molecular flexibility index (Phi) is 5.79. The Balaban J connectivity index is 1.36. The van der Waals surface area contributed by atoms with Gasteiger partial charge in [0.2, 0.25) is 0 Å². The van der Waals surface area contributed by atoms with Gasteiger partial charge in [-0.3, -0.25) is 14.8 Å². The molecule has 0 saturated heterocycles. The first-order valence-corrected chi connectivity index (χ1v) is 12.5. The van der Waals surface area contributed by atoms with Gasteiger partial charge in [0.25, 0.3) is 11.8 Å². The van der Waals surface area contributed by atoms with Gasteiger partial charge < -0.3 is 5.32 Å². The monoisotopic (exact) mass is 468 g/mol. The molecule has 32 heavy (non-hydrogen) atoms. The van der Waals surface area contributed by atoms with Gasteiger partial charge >= 0.3 is 0 Å². The number of thiazole rings is 2. The van der Waals surface area contributed by atoms with E-state index in [0.717, 1.165) is 46.1 Å².